The molecule has 3 heteroatoms. The highest BCUT2D eigenvalue weighted by Gasteiger charge is 2.22. The molecule has 1 aromatic rings. The van der Waals surface area contributed by atoms with E-state index >= 15 is 0 Å². The maximum atomic E-state index is 5.51. The van der Waals surface area contributed by atoms with Gasteiger partial charge in [0.15, 0.2) is 0 Å². The van der Waals surface area contributed by atoms with Crippen LogP contribution < -0.4 is 10.1 Å². The van der Waals surface area contributed by atoms with Gasteiger partial charge in [0.25, 0.3) is 0 Å². The lowest BCUT2D eigenvalue weighted by molar-refractivity contribution is 0.164. The molecule has 3 nitrogen and oxygen atoms in total. The Hall–Kier alpha value is -1.06. The molecule has 118 valence electrons. The van der Waals surface area contributed by atoms with Crippen LogP contribution in [0.5, 0.6) is 5.75 Å². The van der Waals surface area contributed by atoms with Gasteiger partial charge in [-0.2, -0.15) is 0 Å². The van der Waals surface area contributed by atoms with Crippen molar-refractivity contribution >= 4 is 0 Å². The molecule has 0 amide bonds. The summed E-state index contributed by atoms with van der Waals surface area (Å²) in [6.07, 6.45) is 5.44. The normalized spacial score (nSPS) is 18.6. The molecule has 1 aliphatic heterocycles. The third-order valence-electron chi connectivity index (χ3n) is 4.71. The maximum absolute atomic E-state index is 5.51. The SMILES string of the molecule is CCCC1CCN(CC(NC)c2ccccc2OC)CC1. The number of ether oxygens (including phenoxy) is 1. The highest BCUT2D eigenvalue weighted by molar-refractivity contribution is 5.36. The zero-order valence-electron chi connectivity index (χ0n) is 13.8. The quantitative estimate of drug-likeness (QED) is 0.832. The van der Waals surface area contributed by atoms with Crippen molar-refractivity contribution in [3.05, 3.63) is 29.8 Å². The van der Waals surface area contributed by atoms with Gasteiger partial charge >= 0.3 is 0 Å². The summed E-state index contributed by atoms with van der Waals surface area (Å²) in [6.45, 7) is 5.83. The average Bonchev–Trinajstić information content (AvgIpc) is 2.54. The van der Waals surface area contributed by atoms with Gasteiger partial charge in [-0.05, 0) is 45.0 Å². The van der Waals surface area contributed by atoms with Crippen molar-refractivity contribution in [3.8, 4) is 5.75 Å². The second kappa shape index (κ2) is 8.40. The smallest absolute Gasteiger partial charge is 0.123 e. The summed E-state index contributed by atoms with van der Waals surface area (Å²) in [7, 11) is 3.79. The molecule has 1 unspecified atom stereocenters. The monoisotopic (exact) mass is 290 g/mol. The lowest BCUT2D eigenvalue weighted by atomic mass is 9.92. The molecular weight excluding hydrogens is 260 g/mol. The lowest BCUT2D eigenvalue weighted by Gasteiger charge is -2.34. The Kier molecular flexibility index (Phi) is 6.52. The molecule has 1 aromatic carbocycles. The van der Waals surface area contributed by atoms with Crippen molar-refractivity contribution in [2.24, 2.45) is 5.92 Å². The van der Waals surface area contributed by atoms with Gasteiger partial charge in [-0.25, -0.2) is 0 Å². The van der Waals surface area contributed by atoms with Crippen LogP contribution in [0, 0.1) is 5.92 Å². The predicted molar refractivity (Wildman–Crippen MR) is 88.9 cm³/mol. The topological polar surface area (TPSA) is 24.5 Å². The number of likely N-dealkylation sites (N-methyl/N-ethyl adjacent to an activating group) is 1. The van der Waals surface area contributed by atoms with Crippen molar-refractivity contribution in [1.29, 1.82) is 0 Å². The number of piperidine rings is 1. The van der Waals surface area contributed by atoms with E-state index < -0.39 is 0 Å². The Morgan fingerprint density at radius 2 is 2.00 bits per heavy atom. The molecule has 0 radical (unpaired) electrons. The molecular formula is C18H30N2O. The number of nitrogens with zero attached hydrogens (tertiary/aromatic N) is 1. The van der Waals surface area contributed by atoms with E-state index in [4.69, 9.17) is 4.74 Å². The number of benzene rings is 1. The number of nitrogens with one attached hydrogen (secondary N) is 1. The predicted octanol–water partition coefficient (Wildman–Crippen LogP) is 3.47. The molecule has 1 atom stereocenters. The number of methoxy groups -OCH3 is 1. The first-order chi connectivity index (χ1) is 10.3. The Labute approximate surface area is 129 Å². The molecule has 0 bridgehead atoms. The van der Waals surface area contributed by atoms with Crippen molar-refractivity contribution in [2.45, 2.75) is 38.6 Å². The minimum absolute atomic E-state index is 0.337. The van der Waals surface area contributed by atoms with Crippen LogP contribution in [-0.2, 0) is 0 Å². The fourth-order valence-electron chi connectivity index (χ4n) is 3.42. The Morgan fingerprint density at radius 1 is 1.29 bits per heavy atom. The van der Waals surface area contributed by atoms with Crippen LogP contribution in [0.25, 0.3) is 0 Å². The summed E-state index contributed by atoms with van der Waals surface area (Å²) in [6, 6.07) is 8.68. The van der Waals surface area contributed by atoms with Crippen LogP contribution in [0.4, 0.5) is 0 Å². The first kappa shape index (κ1) is 16.3. The van der Waals surface area contributed by atoms with Crippen LogP contribution in [0.2, 0.25) is 0 Å². The van der Waals surface area contributed by atoms with Crippen molar-refractivity contribution in [3.63, 3.8) is 0 Å². The summed E-state index contributed by atoms with van der Waals surface area (Å²) in [5.41, 5.74) is 1.26. The van der Waals surface area contributed by atoms with Gasteiger partial charge in [0, 0.05) is 18.2 Å². The third-order valence-corrected chi connectivity index (χ3v) is 4.71. The van der Waals surface area contributed by atoms with E-state index in [0.29, 0.717) is 6.04 Å². The first-order valence-electron chi connectivity index (χ1n) is 8.31. The van der Waals surface area contributed by atoms with E-state index in [1.165, 1.54) is 44.3 Å². The van der Waals surface area contributed by atoms with Gasteiger partial charge in [0.1, 0.15) is 5.75 Å². The number of hydrogen-bond donors (Lipinski definition) is 1. The average molecular weight is 290 g/mol. The second-order valence-corrected chi connectivity index (χ2v) is 6.12. The van der Waals surface area contributed by atoms with E-state index in [1.807, 2.05) is 19.2 Å². The molecule has 1 saturated heterocycles. The Bertz CT molecular complexity index is 413. The zero-order chi connectivity index (χ0) is 15.1. The van der Waals surface area contributed by atoms with Crippen LogP contribution in [-0.4, -0.2) is 38.7 Å². The van der Waals surface area contributed by atoms with Gasteiger partial charge in [-0.15, -0.1) is 0 Å². The van der Waals surface area contributed by atoms with E-state index in [-0.39, 0.29) is 0 Å². The molecule has 0 aromatic heterocycles. The van der Waals surface area contributed by atoms with Crippen LogP contribution in [0.3, 0.4) is 0 Å². The number of rotatable bonds is 7. The highest BCUT2D eigenvalue weighted by atomic mass is 16.5. The molecule has 21 heavy (non-hydrogen) atoms. The van der Waals surface area contributed by atoms with Crippen molar-refractivity contribution in [2.75, 3.05) is 33.8 Å². The van der Waals surface area contributed by atoms with E-state index in [1.54, 1.807) is 7.11 Å². The van der Waals surface area contributed by atoms with Crippen LogP contribution >= 0.6 is 0 Å². The third kappa shape index (κ3) is 4.45. The molecule has 2 rings (SSSR count). The van der Waals surface area contributed by atoms with E-state index in [9.17, 15) is 0 Å². The van der Waals surface area contributed by atoms with E-state index in [2.05, 4.69) is 29.3 Å². The number of para-hydroxylation sites is 1. The number of hydrogen-bond acceptors (Lipinski definition) is 3. The summed E-state index contributed by atoms with van der Waals surface area (Å²) in [5.74, 6) is 1.93. The lowest BCUT2D eigenvalue weighted by Crippen LogP contribution is -2.39. The molecule has 1 aliphatic rings. The Balaban J connectivity index is 1.94. The summed E-state index contributed by atoms with van der Waals surface area (Å²) < 4.78 is 5.51. The second-order valence-electron chi connectivity index (χ2n) is 6.12. The summed E-state index contributed by atoms with van der Waals surface area (Å²) >= 11 is 0. The zero-order valence-corrected chi connectivity index (χ0v) is 13.8. The van der Waals surface area contributed by atoms with Gasteiger partial charge in [-0.3, -0.25) is 0 Å². The highest BCUT2D eigenvalue weighted by Crippen LogP contribution is 2.27. The maximum Gasteiger partial charge on any atom is 0.123 e. The molecule has 1 N–H and O–H groups in total. The molecule has 0 spiro atoms. The van der Waals surface area contributed by atoms with Crippen LogP contribution in [0.1, 0.15) is 44.2 Å². The van der Waals surface area contributed by atoms with Gasteiger partial charge in [0.2, 0.25) is 0 Å². The standard InChI is InChI=1S/C18H30N2O/c1-4-7-15-10-12-20(13-11-15)14-17(19-2)16-8-5-6-9-18(16)21-3/h5-6,8-9,15,17,19H,4,7,10-14H2,1-3H3. The van der Waals surface area contributed by atoms with Gasteiger partial charge < -0.3 is 15.0 Å². The van der Waals surface area contributed by atoms with Crippen molar-refractivity contribution in [1.82, 2.24) is 10.2 Å². The molecule has 0 saturated carbocycles. The largest absolute Gasteiger partial charge is 0.496 e. The fourth-order valence-corrected chi connectivity index (χ4v) is 3.42. The van der Waals surface area contributed by atoms with Gasteiger partial charge in [0.05, 0.1) is 7.11 Å². The first-order valence-corrected chi connectivity index (χ1v) is 8.31. The molecule has 0 aliphatic carbocycles. The Morgan fingerprint density at radius 3 is 2.62 bits per heavy atom. The molecule has 1 fully saturated rings. The van der Waals surface area contributed by atoms with E-state index in [0.717, 1.165) is 18.2 Å². The minimum atomic E-state index is 0.337. The van der Waals surface area contributed by atoms with Crippen molar-refractivity contribution < 1.29 is 4.74 Å². The number of likely N-dealkylation sites (tertiary alicyclic amines) is 1. The van der Waals surface area contributed by atoms with Gasteiger partial charge in [-0.1, -0.05) is 38.0 Å². The minimum Gasteiger partial charge on any atom is -0.496 e. The summed E-state index contributed by atoms with van der Waals surface area (Å²) in [4.78, 5) is 2.60. The molecule has 1 heterocycles. The summed E-state index contributed by atoms with van der Waals surface area (Å²) in [5, 5.41) is 3.46. The fraction of sp³-hybridized carbons (Fsp3) is 0.667. The van der Waals surface area contributed by atoms with Crippen LogP contribution in [0.15, 0.2) is 24.3 Å².